The first kappa shape index (κ1) is 20.6. The Morgan fingerprint density at radius 1 is 1.23 bits per heavy atom. The van der Waals surface area contributed by atoms with Gasteiger partial charge in [0.1, 0.15) is 0 Å². The van der Waals surface area contributed by atoms with Gasteiger partial charge in [0.15, 0.2) is 11.4 Å². The molecule has 0 radical (unpaired) electrons. The Labute approximate surface area is 175 Å². The lowest BCUT2D eigenvalue weighted by molar-refractivity contribution is 0.0701. The van der Waals surface area contributed by atoms with Crippen LogP contribution in [0.4, 0.5) is 0 Å². The summed E-state index contributed by atoms with van der Waals surface area (Å²) in [4.78, 5) is 31.0. The van der Waals surface area contributed by atoms with Gasteiger partial charge < -0.3 is 4.52 Å². The molecule has 1 aliphatic heterocycles. The third-order valence-electron chi connectivity index (χ3n) is 5.89. The number of nitrogens with one attached hydrogen (secondary N) is 1. The fraction of sp³-hybridized carbons (Fsp3) is 0.500. The highest BCUT2D eigenvalue weighted by atomic mass is 16.5. The molecule has 8 nitrogen and oxygen atoms in total. The molecular weight excluding hydrogens is 382 g/mol. The highest BCUT2D eigenvalue weighted by molar-refractivity contribution is 5.88. The quantitative estimate of drug-likeness (QED) is 0.692. The molecule has 1 fully saturated rings. The molecule has 3 heterocycles. The number of aryl methyl sites for hydroxylation is 1. The third kappa shape index (κ3) is 3.97. The summed E-state index contributed by atoms with van der Waals surface area (Å²) in [6.45, 7) is 14.0. The van der Waals surface area contributed by atoms with Crippen LogP contribution < -0.4 is 11.2 Å². The summed E-state index contributed by atoms with van der Waals surface area (Å²) < 4.78 is 6.78. The van der Waals surface area contributed by atoms with Crippen molar-refractivity contribution in [2.45, 2.75) is 40.3 Å². The first-order valence-corrected chi connectivity index (χ1v) is 10.5. The summed E-state index contributed by atoms with van der Waals surface area (Å²) >= 11 is 0. The number of rotatable bonds is 5. The number of H-pyrrole nitrogens is 1. The van der Waals surface area contributed by atoms with Crippen LogP contribution in [0, 0.1) is 12.8 Å². The van der Waals surface area contributed by atoms with Crippen molar-refractivity contribution in [1.82, 2.24) is 24.5 Å². The van der Waals surface area contributed by atoms with Gasteiger partial charge >= 0.3 is 5.69 Å². The van der Waals surface area contributed by atoms with E-state index in [0.29, 0.717) is 23.4 Å². The molecule has 0 saturated carbocycles. The number of hydrogen-bond acceptors (Lipinski definition) is 6. The average molecular weight is 412 g/mol. The Balaban J connectivity index is 1.61. The van der Waals surface area contributed by atoms with Crippen molar-refractivity contribution in [1.29, 1.82) is 0 Å². The minimum Gasteiger partial charge on any atom is -0.354 e. The van der Waals surface area contributed by atoms with Crippen LogP contribution in [0.15, 0.2) is 38.5 Å². The fourth-order valence-corrected chi connectivity index (χ4v) is 4.34. The molecule has 4 rings (SSSR count). The minimum absolute atomic E-state index is 0.403. The van der Waals surface area contributed by atoms with Crippen molar-refractivity contribution < 1.29 is 4.52 Å². The van der Waals surface area contributed by atoms with Gasteiger partial charge in [-0.3, -0.25) is 19.6 Å². The number of nitrogens with zero attached hydrogens (tertiary/aromatic N) is 4. The highest BCUT2D eigenvalue weighted by Gasteiger charge is 2.25. The van der Waals surface area contributed by atoms with Gasteiger partial charge in [0.05, 0.1) is 5.39 Å². The molecule has 160 valence electrons. The Morgan fingerprint density at radius 3 is 2.73 bits per heavy atom. The largest absolute Gasteiger partial charge is 0.354 e. The van der Waals surface area contributed by atoms with Crippen LogP contribution in [0.5, 0.6) is 0 Å². The van der Waals surface area contributed by atoms with Crippen LogP contribution >= 0.6 is 0 Å². The summed E-state index contributed by atoms with van der Waals surface area (Å²) in [5.41, 5.74) is 1.89. The maximum Gasteiger partial charge on any atom is 0.334 e. The lowest BCUT2D eigenvalue weighted by atomic mass is 10.0. The molecule has 8 heteroatoms. The van der Waals surface area contributed by atoms with Gasteiger partial charge in [-0.05, 0) is 37.0 Å². The van der Waals surface area contributed by atoms with E-state index < -0.39 is 11.2 Å². The smallest absolute Gasteiger partial charge is 0.334 e. The zero-order chi connectivity index (χ0) is 21.4. The fourth-order valence-electron chi connectivity index (χ4n) is 4.34. The van der Waals surface area contributed by atoms with Gasteiger partial charge in [0, 0.05) is 51.0 Å². The molecule has 2 aromatic heterocycles. The van der Waals surface area contributed by atoms with Gasteiger partial charge in [-0.15, -0.1) is 0 Å². The number of benzene rings is 1. The summed E-state index contributed by atoms with van der Waals surface area (Å²) in [5.74, 6) is 1.08. The zero-order valence-corrected chi connectivity index (χ0v) is 18.0. The van der Waals surface area contributed by atoms with Crippen LogP contribution in [0.2, 0.25) is 0 Å². The maximum atomic E-state index is 12.3. The standard InChI is InChI=1S/C22H29N5O3/c1-14(2)11-26-10-9-25(12-15(26)3)13-17-5-6-18-20(16(17)4)21(24-30-18)27-8-7-19(28)23-22(27)29/h5-8,14-15H,9-13H2,1-4H3,(H,23,28,29). The second kappa shape index (κ2) is 8.20. The van der Waals surface area contributed by atoms with Crippen molar-refractivity contribution >= 4 is 11.0 Å². The average Bonchev–Trinajstić information content (AvgIpc) is 3.10. The normalized spacial score (nSPS) is 18.5. The summed E-state index contributed by atoms with van der Waals surface area (Å²) in [7, 11) is 0. The van der Waals surface area contributed by atoms with E-state index in [0.717, 1.165) is 43.7 Å². The highest BCUT2D eigenvalue weighted by Crippen LogP contribution is 2.28. The molecule has 0 aliphatic carbocycles. The SMILES string of the molecule is Cc1c(CN2CCN(CC(C)C)C(C)C2)ccc2onc(-n3ccc(=O)[nH]c3=O)c12. The minimum atomic E-state index is -0.530. The van der Waals surface area contributed by atoms with Gasteiger partial charge in [-0.1, -0.05) is 25.1 Å². The van der Waals surface area contributed by atoms with E-state index in [9.17, 15) is 9.59 Å². The molecule has 1 aliphatic rings. The van der Waals surface area contributed by atoms with E-state index in [-0.39, 0.29) is 0 Å². The predicted octanol–water partition coefficient (Wildman–Crippen LogP) is 2.14. The first-order valence-electron chi connectivity index (χ1n) is 10.5. The van der Waals surface area contributed by atoms with Gasteiger partial charge in [-0.25, -0.2) is 9.36 Å². The van der Waals surface area contributed by atoms with E-state index >= 15 is 0 Å². The van der Waals surface area contributed by atoms with Crippen LogP contribution in [-0.4, -0.2) is 56.7 Å². The Hall–Kier alpha value is -2.71. The summed E-state index contributed by atoms with van der Waals surface area (Å²) in [5, 5.41) is 4.90. The molecular formula is C22H29N5O3. The van der Waals surface area contributed by atoms with E-state index in [2.05, 4.69) is 46.8 Å². The number of piperazine rings is 1. The molecule has 0 amide bonds. The number of fused-ring (bicyclic) bond motifs is 1. The summed E-state index contributed by atoms with van der Waals surface area (Å²) in [6.07, 6.45) is 1.43. The van der Waals surface area contributed by atoms with Gasteiger partial charge in [0.2, 0.25) is 0 Å². The van der Waals surface area contributed by atoms with E-state index in [4.69, 9.17) is 4.52 Å². The third-order valence-corrected chi connectivity index (χ3v) is 5.89. The molecule has 1 atom stereocenters. The van der Waals surface area contributed by atoms with Crippen molar-refractivity contribution in [3.05, 3.63) is 56.4 Å². The van der Waals surface area contributed by atoms with Crippen molar-refractivity contribution in [2.24, 2.45) is 5.92 Å². The second-order valence-corrected chi connectivity index (χ2v) is 8.68. The molecule has 1 unspecified atom stereocenters. The van der Waals surface area contributed by atoms with Crippen molar-refractivity contribution in [3.8, 4) is 5.82 Å². The maximum absolute atomic E-state index is 12.3. The Kier molecular flexibility index (Phi) is 5.62. The van der Waals surface area contributed by atoms with E-state index in [1.165, 1.54) is 22.4 Å². The van der Waals surface area contributed by atoms with Crippen LogP contribution in [0.25, 0.3) is 16.8 Å². The molecule has 1 aromatic carbocycles. The van der Waals surface area contributed by atoms with E-state index in [1.807, 2.05) is 13.0 Å². The molecule has 3 aromatic rings. The van der Waals surface area contributed by atoms with E-state index in [1.54, 1.807) is 0 Å². The molecule has 0 spiro atoms. The number of hydrogen-bond donors (Lipinski definition) is 1. The lowest BCUT2D eigenvalue weighted by Crippen LogP contribution is -2.52. The predicted molar refractivity (Wildman–Crippen MR) is 116 cm³/mol. The monoisotopic (exact) mass is 411 g/mol. The number of aromatic nitrogens is 3. The second-order valence-electron chi connectivity index (χ2n) is 8.68. The topological polar surface area (TPSA) is 87.4 Å². The summed E-state index contributed by atoms with van der Waals surface area (Å²) in [6, 6.07) is 5.81. The van der Waals surface area contributed by atoms with Crippen molar-refractivity contribution in [2.75, 3.05) is 26.2 Å². The molecule has 0 bridgehead atoms. The number of aromatic amines is 1. The van der Waals surface area contributed by atoms with Crippen LogP contribution in [-0.2, 0) is 6.54 Å². The molecule has 1 N–H and O–H groups in total. The first-order chi connectivity index (χ1) is 14.3. The molecule has 1 saturated heterocycles. The van der Waals surface area contributed by atoms with Crippen LogP contribution in [0.3, 0.4) is 0 Å². The van der Waals surface area contributed by atoms with Gasteiger partial charge in [0.25, 0.3) is 5.56 Å². The van der Waals surface area contributed by atoms with Crippen molar-refractivity contribution in [3.63, 3.8) is 0 Å². The molecule has 30 heavy (non-hydrogen) atoms. The Bertz CT molecular complexity index is 1160. The van der Waals surface area contributed by atoms with Gasteiger partial charge in [-0.2, -0.15) is 0 Å². The zero-order valence-electron chi connectivity index (χ0n) is 18.0. The Morgan fingerprint density at radius 2 is 2.03 bits per heavy atom. The lowest BCUT2D eigenvalue weighted by Gasteiger charge is -2.40. The van der Waals surface area contributed by atoms with Crippen LogP contribution in [0.1, 0.15) is 31.9 Å².